The van der Waals surface area contributed by atoms with Gasteiger partial charge in [-0.05, 0) is 48.9 Å². The molecule has 0 bridgehead atoms. The molecule has 4 rings (SSSR count). The topological polar surface area (TPSA) is 117 Å². The van der Waals surface area contributed by atoms with E-state index < -0.39 is 29.7 Å². The SMILES string of the molecule is O=C(Nc1ccc(NC(=O)c2ocnc2C(=O)NCCN2CC[C@@H](F)C2)cc1)c1ccc(F)cc1Cl. The van der Waals surface area contributed by atoms with Gasteiger partial charge in [0.05, 0.1) is 10.6 Å². The van der Waals surface area contributed by atoms with Gasteiger partial charge in [0.2, 0.25) is 5.76 Å². The van der Waals surface area contributed by atoms with Crippen LogP contribution < -0.4 is 16.0 Å². The summed E-state index contributed by atoms with van der Waals surface area (Å²) in [5.41, 5.74) is 0.724. The molecule has 1 aliphatic rings. The average Bonchev–Trinajstić information content (AvgIpc) is 3.49. The molecule has 1 aliphatic heterocycles. The molecule has 1 atom stereocenters. The Labute approximate surface area is 209 Å². The quantitative estimate of drug-likeness (QED) is 0.419. The Balaban J connectivity index is 1.31. The van der Waals surface area contributed by atoms with Gasteiger partial charge in [-0.2, -0.15) is 0 Å². The highest BCUT2D eigenvalue weighted by Crippen LogP contribution is 2.21. The smallest absolute Gasteiger partial charge is 0.293 e. The fraction of sp³-hybridized carbons (Fsp3) is 0.250. The Morgan fingerprint density at radius 3 is 2.39 bits per heavy atom. The molecule has 188 valence electrons. The third-order valence-corrected chi connectivity index (χ3v) is 5.81. The third-order valence-electron chi connectivity index (χ3n) is 5.49. The van der Waals surface area contributed by atoms with Crippen molar-refractivity contribution >= 4 is 40.7 Å². The van der Waals surface area contributed by atoms with Crippen molar-refractivity contribution in [1.82, 2.24) is 15.2 Å². The summed E-state index contributed by atoms with van der Waals surface area (Å²) in [6, 6.07) is 9.60. The predicted molar refractivity (Wildman–Crippen MR) is 129 cm³/mol. The molecule has 36 heavy (non-hydrogen) atoms. The van der Waals surface area contributed by atoms with Crippen molar-refractivity contribution in [2.45, 2.75) is 12.6 Å². The van der Waals surface area contributed by atoms with E-state index in [-0.39, 0.29) is 28.6 Å². The lowest BCUT2D eigenvalue weighted by atomic mass is 10.2. The summed E-state index contributed by atoms with van der Waals surface area (Å²) >= 11 is 5.91. The number of rotatable bonds is 8. The van der Waals surface area contributed by atoms with Crippen LogP contribution in [0.25, 0.3) is 0 Å². The van der Waals surface area contributed by atoms with Crippen LogP contribution in [0.2, 0.25) is 5.02 Å². The second kappa shape index (κ2) is 11.3. The van der Waals surface area contributed by atoms with Crippen LogP contribution in [0.3, 0.4) is 0 Å². The van der Waals surface area contributed by atoms with Crippen LogP contribution in [0.4, 0.5) is 20.2 Å². The zero-order valence-electron chi connectivity index (χ0n) is 18.9. The lowest BCUT2D eigenvalue weighted by molar-refractivity contribution is 0.0925. The van der Waals surface area contributed by atoms with Gasteiger partial charge < -0.3 is 20.4 Å². The van der Waals surface area contributed by atoms with E-state index in [4.69, 9.17) is 16.0 Å². The van der Waals surface area contributed by atoms with Gasteiger partial charge in [-0.15, -0.1) is 0 Å². The maximum absolute atomic E-state index is 13.2. The number of nitrogens with one attached hydrogen (secondary N) is 3. The number of alkyl halides is 1. The van der Waals surface area contributed by atoms with E-state index in [1.165, 1.54) is 18.2 Å². The highest BCUT2D eigenvalue weighted by atomic mass is 35.5. The van der Waals surface area contributed by atoms with Crippen molar-refractivity contribution in [2.24, 2.45) is 0 Å². The van der Waals surface area contributed by atoms with Gasteiger partial charge in [0.25, 0.3) is 17.7 Å². The lowest BCUT2D eigenvalue weighted by Crippen LogP contribution is -2.34. The fourth-order valence-electron chi connectivity index (χ4n) is 3.67. The summed E-state index contributed by atoms with van der Waals surface area (Å²) in [6.07, 6.45) is 0.638. The number of benzene rings is 2. The molecule has 3 amide bonds. The second-order valence-corrected chi connectivity index (χ2v) is 8.49. The van der Waals surface area contributed by atoms with Crippen LogP contribution in [0.5, 0.6) is 0 Å². The molecule has 2 aromatic carbocycles. The maximum atomic E-state index is 13.2. The Bertz CT molecular complexity index is 1270. The van der Waals surface area contributed by atoms with Crippen molar-refractivity contribution in [2.75, 3.05) is 36.8 Å². The van der Waals surface area contributed by atoms with Crippen molar-refractivity contribution in [3.63, 3.8) is 0 Å². The van der Waals surface area contributed by atoms with Crippen LogP contribution in [0.1, 0.15) is 37.8 Å². The van der Waals surface area contributed by atoms with Gasteiger partial charge in [-0.3, -0.25) is 19.3 Å². The fourth-order valence-corrected chi connectivity index (χ4v) is 3.92. The molecule has 1 aromatic heterocycles. The van der Waals surface area contributed by atoms with Crippen molar-refractivity contribution < 1.29 is 27.6 Å². The first-order chi connectivity index (χ1) is 17.3. The van der Waals surface area contributed by atoms with E-state index in [9.17, 15) is 23.2 Å². The Morgan fingerprint density at radius 2 is 1.75 bits per heavy atom. The molecule has 0 aliphatic carbocycles. The van der Waals surface area contributed by atoms with Gasteiger partial charge in [-0.25, -0.2) is 13.8 Å². The van der Waals surface area contributed by atoms with Crippen molar-refractivity contribution in [3.05, 3.63) is 76.7 Å². The summed E-state index contributed by atoms with van der Waals surface area (Å²) in [6.45, 7) is 1.74. The van der Waals surface area contributed by atoms with Gasteiger partial charge in [-0.1, -0.05) is 11.6 Å². The van der Waals surface area contributed by atoms with Gasteiger partial charge >= 0.3 is 0 Å². The first-order valence-corrected chi connectivity index (χ1v) is 11.4. The standard InChI is InChI=1S/C24H22ClF2N5O4/c25-19-11-14(26)1-6-18(19)22(33)30-16-2-4-17(5-3-16)31-24(35)21-20(29-13-36-21)23(34)28-8-10-32-9-7-15(27)12-32/h1-6,11,13,15H,7-10,12H2,(H,28,34)(H,30,33)(H,31,35)/t15-/m1/s1. The second-order valence-electron chi connectivity index (χ2n) is 8.08. The van der Waals surface area contributed by atoms with E-state index in [0.29, 0.717) is 37.4 Å². The number of carbonyl (C=O) groups is 3. The maximum Gasteiger partial charge on any atom is 0.293 e. The van der Waals surface area contributed by atoms with E-state index in [0.717, 1.165) is 18.5 Å². The Hall–Kier alpha value is -3.83. The summed E-state index contributed by atoms with van der Waals surface area (Å²) in [5.74, 6) is -2.61. The number of nitrogens with zero attached hydrogens (tertiary/aromatic N) is 2. The normalized spacial score (nSPS) is 15.5. The summed E-state index contributed by atoms with van der Waals surface area (Å²) in [7, 11) is 0. The number of oxazole rings is 1. The number of aromatic nitrogens is 1. The molecule has 3 aromatic rings. The first kappa shape index (κ1) is 25.3. The Kier molecular flexibility index (Phi) is 7.91. The highest BCUT2D eigenvalue weighted by Gasteiger charge is 2.24. The molecule has 1 fully saturated rings. The number of halogens is 3. The molecule has 0 unspecified atom stereocenters. The molecular weight excluding hydrogens is 496 g/mol. The van der Waals surface area contributed by atoms with Crippen LogP contribution in [-0.4, -0.2) is 60.0 Å². The minimum absolute atomic E-state index is 0.0206. The van der Waals surface area contributed by atoms with E-state index in [2.05, 4.69) is 20.9 Å². The van der Waals surface area contributed by atoms with Gasteiger partial charge in [0.1, 0.15) is 12.0 Å². The highest BCUT2D eigenvalue weighted by molar-refractivity contribution is 6.34. The van der Waals surface area contributed by atoms with Crippen molar-refractivity contribution in [3.8, 4) is 0 Å². The van der Waals surface area contributed by atoms with E-state index in [1.54, 1.807) is 12.1 Å². The predicted octanol–water partition coefficient (Wildman–Crippen LogP) is 3.75. The van der Waals surface area contributed by atoms with Gasteiger partial charge in [0.15, 0.2) is 12.1 Å². The third kappa shape index (κ3) is 6.23. The molecule has 12 heteroatoms. The first-order valence-electron chi connectivity index (χ1n) is 11.1. The monoisotopic (exact) mass is 517 g/mol. The van der Waals surface area contributed by atoms with Crippen LogP contribution in [0, 0.1) is 5.82 Å². The minimum Gasteiger partial charge on any atom is -0.437 e. The summed E-state index contributed by atoms with van der Waals surface area (Å²) in [5, 5.41) is 7.86. The molecule has 3 N–H and O–H groups in total. The molecular formula is C24H22ClF2N5O4. The molecule has 0 saturated carbocycles. The molecule has 1 saturated heterocycles. The van der Waals surface area contributed by atoms with Crippen LogP contribution >= 0.6 is 11.6 Å². The summed E-state index contributed by atoms with van der Waals surface area (Å²) in [4.78, 5) is 43.2. The molecule has 2 heterocycles. The Morgan fingerprint density at radius 1 is 1.06 bits per heavy atom. The van der Waals surface area contributed by atoms with E-state index in [1.807, 2.05) is 4.90 Å². The van der Waals surface area contributed by atoms with Crippen LogP contribution in [-0.2, 0) is 0 Å². The number of anilines is 2. The van der Waals surface area contributed by atoms with Crippen LogP contribution in [0.15, 0.2) is 53.3 Å². The zero-order valence-corrected chi connectivity index (χ0v) is 19.6. The molecule has 0 spiro atoms. The largest absolute Gasteiger partial charge is 0.437 e. The minimum atomic E-state index is -0.842. The zero-order chi connectivity index (χ0) is 25.7. The van der Waals surface area contributed by atoms with E-state index >= 15 is 0 Å². The number of hydrogen-bond donors (Lipinski definition) is 3. The number of likely N-dealkylation sites (tertiary alicyclic amines) is 1. The molecule has 0 radical (unpaired) electrons. The number of amides is 3. The van der Waals surface area contributed by atoms with Gasteiger partial charge in [0, 0.05) is 37.6 Å². The lowest BCUT2D eigenvalue weighted by Gasteiger charge is -2.14. The molecule has 9 nitrogen and oxygen atoms in total. The van der Waals surface area contributed by atoms with Crippen molar-refractivity contribution in [1.29, 1.82) is 0 Å². The summed E-state index contributed by atoms with van der Waals surface area (Å²) < 4.78 is 31.6. The number of carbonyl (C=O) groups excluding carboxylic acids is 3. The number of hydrogen-bond acceptors (Lipinski definition) is 6. The average molecular weight is 518 g/mol.